The fraction of sp³-hybridized carbons (Fsp3) is 0.579. The van der Waals surface area contributed by atoms with E-state index in [1.54, 1.807) is 4.90 Å². The van der Waals surface area contributed by atoms with Gasteiger partial charge in [0.25, 0.3) is 5.91 Å². The number of hydrogen-bond donors (Lipinski definition) is 2. The monoisotopic (exact) mass is 332 g/mol. The zero-order chi connectivity index (χ0) is 17.9. The molecule has 1 atom stereocenters. The lowest BCUT2D eigenvalue weighted by molar-refractivity contribution is -0.143. The number of carboxylic acid groups (broad SMARTS) is 1. The summed E-state index contributed by atoms with van der Waals surface area (Å²) in [5.41, 5.74) is 2.64. The van der Waals surface area contributed by atoms with Crippen molar-refractivity contribution in [1.29, 1.82) is 0 Å². The van der Waals surface area contributed by atoms with E-state index in [4.69, 9.17) is 5.11 Å². The number of piperidine rings is 1. The van der Waals surface area contributed by atoms with E-state index in [0.29, 0.717) is 43.5 Å². The topological polar surface area (TPSA) is 69.6 Å². The lowest BCUT2D eigenvalue weighted by atomic mass is 9.96. The van der Waals surface area contributed by atoms with E-state index in [0.717, 1.165) is 11.3 Å². The highest BCUT2D eigenvalue weighted by Crippen LogP contribution is 2.25. The molecule has 132 valence electrons. The molecule has 0 bridgehead atoms. The van der Waals surface area contributed by atoms with Crippen LogP contribution in [0.4, 0.5) is 5.69 Å². The Balaban J connectivity index is 2.11. The molecule has 1 heterocycles. The molecule has 0 spiro atoms. The van der Waals surface area contributed by atoms with Crippen molar-refractivity contribution in [3.63, 3.8) is 0 Å². The maximum atomic E-state index is 12.8. The fourth-order valence-corrected chi connectivity index (χ4v) is 2.94. The maximum Gasteiger partial charge on any atom is 0.306 e. The number of nitrogens with zero attached hydrogens (tertiary/aromatic N) is 1. The first-order valence-electron chi connectivity index (χ1n) is 8.69. The molecule has 1 fully saturated rings. The lowest BCUT2D eigenvalue weighted by Crippen LogP contribution is -2.40. The summed E-state index contributed by atoms with van der Waals surface area (Å²) in [5.74, 6) is -0.585. The minimum atomic E-state index is -0.757. The Labute approximate surface area is 144 Å². The standard InChI is InChI=1S/C19H28N2O3/c1-12(2)14(4)20-17-7-5-6-16(13(17)3)18(22)21-10-8-15(9-11-21)19(23)24/h5-7,12,14-15,20H,8-11H2,1-4H3,(H,23,24). The molecule has 5 nitrogen and oxygen atoms in total. The van der Waals surface area contributed by atoms with Crippen LogP contribution in [0.3, 0.4) is 0 Å². The summed E-state index contributed by atoms with van der Waals surface area (Å²) >= 11 is 0. The molecule has 24 heavy (non-hydrogen) atoms. The first-order valence-corrected chi connectivity index (χ1v) is 8.69. The number of anilines is 1. The van der Waals surface area contributed by atoms with Gasteiger partial charge in [0.1, 0.15) is 0 Å². The molecule has 1 aliphatic heterocycles. The third kappa shape index (κ3) is 4.08. The number of likely N-dealkylation sites (tertiary alicyclic amines) is 1. The van der Waals surface area contributed by atoms with Crippen molar-refractivity contribution in [3.8, 4) is 0 Å². The van der Waals surface area contributed by atoms with Gasteiger partial charge in [0.2, 0.25) is 0 Å². The van der Waals surface area contributed by atoms with Gasteiger partial charge in [-0.1, -0.05) is 19.9 Å². The van der Waals surface area contributed by atoms with Crippen LogP contribution in [-0.4, -0.2) is 41.0 Å². The molecule has 1 aromatic rings. The highest BCUT2D eigenvalue weighted by molar-refractivity contribution is 5.97. The number of hydrogen-bond acceptors (Lipinski definition) is 3. The summed E-state index contributed by atoms with van der Waals surface area (Å²) < 4.78 is 0. The summed E-state index contributed by atoms with van der Waals surface area (Å²) in [6.07, 6.45) is 1.06. The molecular weight excluding hydrogens is 304 g/mol. The molecule has 2 N–H and O–H groups in total. The van der Waals surface area contributed by atoms with Crippen molar-refractivity contribution in [2.45, 2.75) is 46.6 Å². The Hall–Kier alpha value is -2.04. The molecule has 1 aromatic carbocycles. The van der Waals surface area contributed by atoms with E-state index >= 15 is 0 Å². The van der Waals surface area contributed by atoms with Crippen LogP contribution >= 0.6 is 0 Å². The van der Waals surface area contributed by atoms with Gasteiger partial charge < -0.3 is 15.3 Å². The number of aliphatic carboxylic acids is 1. The summed E-state index contributed by atoms with van der Waals surface area (Å²) in [4.78, 5) is 25.6. The Bertz CT molecular complexity index is 605. The van der Waals surface area contributed by atoms with Gasteiger partial charge in [-0.25, -0.2) is 0 Å². The van der Waals surface area contributed by atoms with Crippen LogP contribution in [0.1, 0.15) is 49.5 Å². The summed E-state index contributed by atoms with van der Waals surface area (Å²) in [6, 6.07) is 6.08. The van der Waals surface area contributed by atoms with Gasteiger partial charge in [-0.15, -0.1) is 0 Å². The fourth-order valence-electron chi connectivity index (χ4n) is 2.94. The number of carboxylic acids is 1. The second-order valence-electron chi connectivity index (χ2n) is 7.06. The molecule has 0 saturated carbocycles. The van der Waals surface area contributed by atoms with E-state index in [1.807, 2.05) is 25.1 Å². The Morgan fingerprint density at radius 3 is 2.38 bits per heavy atom. The number of rotatable bonds is 5. The van der Waals surface area contributed by atoms with Crippen LogP contribution in [0.25, 0.3) is 0 Å². The van der Waals surface area contributed by atoms with Gasteiger partial charge in [0, 0.05) is 30.4 Å². The van der Waals surface area contributed by atoms with Crippen molar-refractivity contribution in [3.05, 3.63) is 29.3 Å². The van der Waals surface area contributed by atoms with E-state index in [9.17, 15) is 9.59 Å². The van der Waals surface area contributed by atoms with Crippen molar-refractivity contribution in [2.24, 2.45) is 11.8 Å². The second kappa shape index (κ2) is 7.69. The number of carbonyl (C=O) groups excluding carboxylic acids is 1. The van der Waals surface area contributed by atoms with Crippen molar-refractivity contribution in [1.82, 2.24) is 4.90 Å². The molecule has 5 heteroatoms. The zero-order valence-electron chi connectivity index (χ0n) is 15.0. The average Bonchev–Trinajstić information content (AvgIpc) is 2.56. The van der Waals surface area contributed by atoms with Gasteiger partial charge >= 0.3 is 5.97 Å². The molecule has 0 aromatic heterocycles. The number of amides is 1. The van der Waals surface area contributed by atoms with Crippen LogP contribution in [0.15, 0.2) is 18.2 Å². The molecular formula is C19H28N2O3. The van der Waals surface area contributed by atoms with Crippen LogP contribution < -0.4 is 5.32 Å². The minimum Gasteiger partial charge on any atom is -0.481 e. The summed E-state index contributed by atoms with van der Waals surface area (Å²) in [7, 11) is 0. The van der Waals surface area contributed by atoms with Crippen LogP contribution in [0.5, 0.6) is 0 Å². The molecule has 1 unspecified atom stereocenters. The first-order chi connectivity index (χ1) is 11.3. The van der Waals surface area contributed by atoms with Crippen LogP contribution in [0.2, 0.25) is 0 Å². The van der Waals surface area contributed by atoms with Gasteiger partial charge in [0.05, 0.1) is 5.92 Å². The van der Waals surface area contributed by atoms with Crippen LogP contribution in [-0.2, 0) is 4.79 Å². The minimum absolute atomic E-state index is 0.00260. The van der Waals surface area contributed by atoms with E-state index in [2.05, 4.69) is 26.1 Å². The van der Waals surface area contributed by atoms with E-state index < -0.39 is 5.97 Å². The molecule has 0 radical (unpaired) electrons. The number of nitrogens with one attached hydrogen (secondary N) is 1. The molecule has 1 amide bonds. The largest absolute Gasteiger partial charge is 0.481 e. The highest BCUT2D eigenvalue weighted by atomic mass is 16.4. The van der Waals surface area contributed by atoms with Crippen molar-refractivity contribution >= 4 is 17.6 Å². The van der Waals surface area contributed by atoms with Gasteiger partial charge in [-0.3, -0.25) is 9.59 Å². The Morgan fingerprint density at radius 1 is 1.21 bits per heavy atom. The van der Waals surface area contributed by atoms with Gasteiger partial charge in [-0.2, -0.15) is 0 Å². The second-order valence-corrected chi connectivity index (χ2v) is 7.06. The highest BCUT2D eigenvalue weighted by Gasteiger charge is 2.28. The van der Waals surface area contributed by atoms with Crippen molar-refractivity contribution < 1.29 is 14.7 Å². The van der Waals surface area contributed by atoms with E-state index in [1.165, 1.54) is 0 Å². The molecule has 1 aliphatic rings. The Morgan fingerprint density at radius 2 is 1.83 bits per heavy atom. The predicted octanol–water partition coefficient (Wildman–Crippen LogP) is 3.39. The lowest BCUT2D eigenvalue weighted by Gasteiger charge is -2.31. The van der Waals surface area contributed by atoms with Crippen LogP contribution in [0, 0.1) is 18.8 Å². The van der Waals surface area contributed by atoms with Gasteiger partial charge in [0.15, 0.2) is 0 Å². The quantitative estimate of drug-likeness (QED) is 0.867. The molecule has 2 rings (SSSR count). The predicted molar refractivity (Wildman–Crippen MR) is 95.4 cm³/mol. The summed E-state index contributed by atoms with van der Waals surface area (Å²) in [6.45, 7) is 9.44. The maximum absolute atomic E-state index is 12.8. The molecule has 1 saturated heterocycles. The average molecular weight is 332 g/mol. The smallest absolute Gasteiger partial charge is 0.306 e. The SMILES string of the molecule is Cc1c(NC(C)C(C)C)cccc1C(=O)N1CCC(C(=O)O)CC1. The third-order valence-corrected chi connectivity index (χ3v) is 5.08. The third-order valence-electron chi connectivity index (χ3n) is 5.08. The first kappa shape index (κ1) is 18.3. The molecule has 0 aliphatic carbocycles. The normalized spacial score (nSPS) is 17.0. The number of carbonyl (C=O) groups is 2. The zero-order valence-corrected chi connectivity index (χ0v) is 15.0. The summed E-state index contributed by atoms with van der Waals surface area (Å²) in [5, 5.41) is 12.6. The van der Waals surface area contributed by atoms with Crippen molar-refractivity contribution in [2.75, 3.05) is 18.4 Å². The number of benzene rings is 1. The Kier molecular flexibility index (Phi) is 5.86. The van der Waals surface area contributed by atoms with E-state index in [-0.39, 0.29) is 11.8 Å². The van der Waals surface area contributed by atoms with Gasteiger partial charge in [-0.05, 0) is 50.3 Å².